The van der Waals surface area contributed by atoms with E-state index in [-0.39, 0.29) is 0 Å². The molecule has 0 spiro atoms. The minimum absolute atomic E-state index is 0.711. The fourth-order valence-corrected chi connectivity index (χ4v) is 2.07. The molecule has 0 atom stereocenters. The molecule has 2 rings (SSSR count). The zero-order chi connectivity index (χ0) is 14.9. The van der Waals surface area contributed by atoms with Crippen LogP contribution in [0.2, 0.25) is 10.0 Å². The van der Waals surface area contributed by atoms with Gasteiger partial charge in [-0.25, -0.2) is 0 Å². The summed E-state index contributed by atoms with van der Waals surface area (Å²) in [6.45, 7) is 1.42. The Morgan fingerprint density at radius 3 is 1.33 bits per heavy atom. The molecule has 0 fully saturated rings. The molecule has 0 aromatic heterocycles. The summed E-state index contributed by atoms with van der Waals surface area (Å²) in [5, 5.41) is 1.45. The smallest absolute Gasteiger partial charge is 0.119 e. The maximum atomic E-state index is 5.81. The van der Waals surface area contributed by atoms with Crippen LogP contribution in [0.4, 0.5) is 0 Å². The van der Waals surface area contributed by atoms with Gasteiger partial charge in [0.15, 0.2) is 0 Å². The molecule has 0 saturated heterocycles. The molecule has 0 bridgehead atoms. The van der Waals surface area contributed by atoms with Gasteiger partial charge in [-0.3, -0.25) is 0 Å². The van der Waals surface area contributed by atoms with Crippen LogP contribution in [0.1, 0.15) is 19.3 Å². The van der Waals surface area contributed by atoms with Gasteiger partial charge in [-0.1, -0.05) is 23.2 Å². The van der Waals surface area contributed by atoms with Gasteiger partial charge < -0.3 is 9.47 Å². The highest BCUT2D eigenvalue weighted by Crippen LogP contribution is 2.17. The molecule has 2 aromatic rings. The average molecular weight is 325 g/mol. The first kappa shape index (κ1) is 16.0. The van der Waals surface area contributed by atoms with Crippen molar-refractivity contribution in [2.45, 2.75) is 19.3 Å². The molecule has 21 heavy (non-hydrogen) atoms. The van der Waals surface area contributed by atoms with E-state index in [9.17, 15) is 0 Å². The highest BCUT2D eigenvalue weighted by molar-refractivity contribution is 6.30. The van der Waals surface area contributed by atoms with Gasteiger partial charge in [-0.15, -0.1) is 0 Å². The third-order valence-corrected chi connectivity index (χ3v) is 3.46. The van der Waals surface area contributed by atoms with E-state index < -0.39 is 0 Å². The van der Waals surface area contributed by atoms with Crippen molar-refractivity contribution in [3.63, 3.8) is 0 Å². The zero-order valence-corrected chi connectivity index (χ0v) is 13.2. The Labute approximate surface area is 135 Å². The third-order valence-electron chi connectivity index (χ3n) is 2.95. The Bertz CT molecular complexity index is 474. The fraction of sp³-hybridized carbons (Fsp3) is 0.294. The van der Waals surface area contributed by atoms with Crippen LogP contribution in [0.5, 0.6) is 11.5 Å². The van der Waals surface area contributed by atoms with Gasteiger partial charge in [0.1, 0.15) is 11.5 Å². The van der Waals surface area contributed by atoms with Crippen LogP contribution < -0.4 is 9.47 Å². The molecule has 0 unspecified atom stereocenters. The van der Waals surface area contributed by atoms with Crippen molar-refractivity contribution in [1.82, 2.24) is 0 Å². The second-order valence-corrected chi connectivity index (χ2v) is 5.54. The van der Waals surface area contributed by atoms with Crippen molar-refractivity contribution < 1.29 is 9.47 Å². The lowest BCUT2D eigenvalue weighted by Crippen LogP contribution is -2.00. The van der Waals surface area contributed by atoms with Crippen LogP contribution in [-0.4, -0.2) is 13.2 Å². The van der Waals surface area contributed by atoms with Crippen LogP contribution in [0.3, 0.4) is 0 Å². The second-order valence-electron chi connectivity index (χ2n) is 4.67. The monoisotopic (exact) mass is 324 g/mol. The Morgan fingerprint density at radius 2 is 0.952 bits per heavy atom. The third kappa shape index (κ3) is 6.28. The molecule has 112 valence electrons. The summed E-state index contributed by atoms with van der Waals surface area (Å²) >= 11 is 11.6. The lowest BCUT2D eigenvalue weighted by molar-refractivity contribution is 0.279. The maximum absolute atomic E-state index is 5.81. The van der Waals surface area contributed by atoms with Crippen molar-refractivity contribution >= 4 is 23.2 Å². The maximum Gasteiger partial charge on any atom is 0.119 e. The van der Waals surface area contributed by atoms with E-state index >= 15 is 0 Å². The molecule has 2 aromatic carbocycles. The van der Waals surface area contributed by atoms with E-state index in [1.807, 2.05) is 48.5 Å². The summed E-state index contributed by atoms with van der Waals surface area (Å²) in [5.74, 6) is 1.72. The minimum Gasteiger partial charge on any atom is -0.494 e. The molecule has 0 radical (unpaired) electrons. The van der Waals surface area contributed by atoms with Crippen molar-refractivity contribution in [1.29, 1.82) is 0 Å². The highest BCUT2D eigenvalue weighted by Gasteiger charge is 1.96. The number of halogens is 2. The van der Waals surface area contributed by atoms with Gasteiger partial charge in [0.2, 0.25) is 0 Å². The van der Waals surface area contributed by atoms with Crippen LogP contribution in [0, 0.1) is 0 Å². The van der Waals surface area contributed by atoms with Gasteiger partial charge in [0.25, 0.3) is 0 Å². The van der Waals surface area contributed by atoms with E-state index in [2.05, 4.69) is 0 Å². The highest BCUT2D eigenvalue weighted by atomic mass is 35.5. The summed E-state index contributed by atoms with van der Waals surface area (Å²) in [7, 11) is 0. The molecule has 4 heteroatoms. The number of hydrogen-bond acceptors (Lipinski definition) is 2. The lowest BCUT2D eigenvalue weighted by Gasteiger charge is -2.07. The second kappa shape index (κ2) is 8.81. The van der Waals surface area contributed by atoms with E-state index in [1.165, 1.54) is 0 Å². The Hall–Kier alpha value is -1.38. The van der Waals surface area contributed by atoms with Crippen LogP contribution in [0.15, 0.2) is 48.5 Å². The van der Waals surface area contributed by atoms with Gasteiger partial charge in [0, 0.05) is 10.0 Å². The van der Waals surface area contributed by atoms with E-state index in [1.54, 1.807) is 0 Å². The SMILES string of the molecule is Clc1ccc(OCCCCCOc2ccc(Cl)cc2)cc1. The largest absolute Gasteiger partial charge is 0.494 e. The molecular formula is C17H18Cl2O2. The van der Waals surface area contributed by atoms with Crippen LogP contribution >= 0.6 is 23.2 Å². The number of hydrogen-bond donors (Lipinski definition) is 0. The number of ether oxygens (including phenoxy) is 2. The Morgan fingerprint density at radius 1 is 0.571 bits per heavy atom. The summed E-state index contributed by atoms with van der Waals surface area (Å²) in [6, 6.07) is 14.8. The van der Waals surface area contributed by atoms with Gasteiger partial charge >= 0.3 is 0 Å². The van der Waals surface area contributed by atoms with E-state index in [0.717, 1.165) is 40.8 Å². The summed E-state index contributed by atoms with van der Waals surface area (Å²) in [6.07, 6.45) is 3.08. The molecule has 0 aliphatic heterocycles. The molecule has 0 saturated carbocycles. The summed E-state index contributed by atoms with van der Waals surface area (Å²) in [5.41, 5.74) is 0. The average Bonchev–Trinajstić information content (AvgIpc) is 2.50. The first-order valence-electron chi connectivity index (χ1n) is 7.01. The van der Waals surface area contributed by atoms with Crippen molar-refractivity contribution in [2.75, 3.05) is 13.2 Å². The molecule has 0 N–H and O–H groups in total. The summed E-state index contributed by atoms with van der Waals surface area (Å²) in [4.78, 5) is 0. The Balaban J connectivity index is 1.52. The molecule has 0 amide bonds. The Kier molecular flexibility index (Phi) is 6.71. The van der Waals surface area contributed by atoms with Crippen molar-refractivity contribution in [3.8, 4) is 11.5 Å². The van der Waals surface area contributed by atoms with Gasteiger partial charge in [0.05, 0.1) is 13.2 Å². The molecule has 0 aliphatic carbocycles. The first-order valence-corrected chi connectivity index (χ1v) is 7.76. The number of rotatable bonds is 8. The number of benzene rings is 2. The number of unbranched alkanes of at least 4 members (excludes halogenated alkanes) is 2. The van der Waals surface area contributed by atoms with Gasteiger partial charge in [-0.2, -0.15) is 0 Å². The van der Waals surface area contributed by atoms with Crippen molar-refractivity contribution in [2.24, 2.45) is 0 Å². The van der Waals surface area contributed by atoms with Crippen molar-refractivity contribution in [3.05, 3.63) is 58.6 Å². The quantitative estimate of drug-likeness (QED) is 0.586. The topological polar surface area (TPSA) is 18.5 Å². The zero-order valence-electron chi connectivity index (χ0n) is 11.7. The van der Waals surface area contributed by atoms with E-state index in [0.29, 0.717) is 13.2 Å². The first-order chi connectivity index (χ1) is 10.2. The predicted molar refractivity (Wildman–Crippen MR) is 87.7 cm³/mol. The van der Waals surface area contributed by atoms with Crippen LogP contribution in [-0.2, 0) is 0 Å². The van der Waals surface area contributed by atoms with E-state index in [4.69, 9.17) is 32.7 Å². The van der Waals surface area contributed by atoms with Gasteiger partial charge in [-0.05, 0) is 67.8 Å². The summed E-state index contributed by atoms with van der Waals surface area (Å²) < 4.78 is 11.2. The molecule has 0 heterocycles. The van der Waals surface area contributed by atoms with Crippen LogP contribution in [0.25, 0.3) is 0 Å². The standard InChI is InChI=1S/C17H18Cl2O2/c18-14-4-8-16(9-5-14)20-12-2-1-3-13-21-17-10-6-15(19)7-11-17/h4-11H,1-3,12-13H2. The normalized spacial score (nSPS) is 10.4. The molecular weight excluding hydrogens is 307 g/mol. The lowest BCUT2D eigenvalue weighted by atomic mass is 10.2. The molecule has 0 aliphatic rings. The fourth-order valence-electron chi connectivity index (χ4n) is 1.82. The molecule has 2 nitrogen and oxygen atoms in total. The predicted octanol–water partition coefficient (Wildman–Crippen LogP) is 5.62. The minimum atomic E-state index is 0.711.